The predicted octanol–water partition coefficient (Wildman–Crippen LogP) is 5.59. The average Bonchev–Trinajstić information content (AvgIpc) is 2.58. The molecule has 2 aromatic rings. The van der Waals surface area contributed by atoms with Crippen LogP contribution in [0, 0.1) is 0 Å². The number of rotatable bonds is 7. The van der Waals surface area contributed by atoms with E-state index in [0.29, 0.717) is 13.0 Å². The largest absolute Gasteiger partial charge is 0.414 e. The Labute approximate surface area is 154 Å². The Hall–Kier alpha value is -1.42. The van der Waals surface area contributed by atoms with Crippen LogP contribution in [-0.4, -0.2) is 26.1 Å². The first-order valence-corrected chi connectivity index (χ1v) is 12.0. The van der Waals surface area contributed by atoms with Gasteiger partial charge in [-0.3, -0.25) is 0 Å². The van der Waals surface area contributed by atoms with E-state index in [4.69, 9.17) is 4.43 Å². The number of hydrogen-bond acceptors (Lipinski definition) is 2. The lowest BCUT2D eigenvalue weighted by atomic mass is 9.87. The van der Waals surface area contributed by atoms with E-state index in [2.05, 4.69) is 82.4 Å². The van der Waals surface area contributed by atoms with Crippen molar-refractivity contribution < 1.29 is 9.53 Å². The zero-order valence-electron chi connectivity index (χ0n) is 16.2. The molecule has 2 aromatic carbocycles. The normalized spacial score (nSPS) is 13.9. The van der Waals surface area contributed by atoms with Gasteiger partial charge in [0.1, 0.15) is 0 Å². The minimum Gasteiger partial charge on any atom is -0.414 e. The molecule has 0 spiro atoms. The minimum absolute atomic E-state index is 0.158. The molecule has 2 rings (SSSR count). The Balaban J connectivity index is 2.10. The van der Waals surface area contributed by atoms with Crippen LogP contribution < -0.4 is 0 Å². The fraction of sp³-hybridized carbons (Fsp3) is 0.455. The summed E-state index contributed by atoms with van der Waals surface area (Å²) in [5.41, 5.74) is 2.47. The first kappa shape index (κ1) is 19.9. The first-order chi connectivity index (χ1) is 11.7. The Bertz CT molecular complexity index is 593. The average molecular weight is 357 g/mol. The summed E-state index contributed by atoms with van der Waals surface area (Å²) >= 11 is 0. The standard InChI is InChI=1S/C22H32O2Si/c1-22(2,3)25(4,5)24-17-20(23)16-21(18-12-8-6-9-13-18)19-14-10-7-11-15-19/h6-15,20-21,23H,16-17H2,1-5H3/t20-/m0/s1. The van der Waals surface area contributed by atoms with Crippen LogP contribution in [0.5, 0.6) is 0 Å². The van der Waals surface area contributed by atoms with Crippen LogP contribution in [0.3, 0.4) is 0 Å². The molecule has 0 radical (unpaired) electrons. The number of aliphatic hydroxyl groups excluding tert-OH is 1. The van der Waals surface area contributed by atoms with Crippen molar-refractivity contribution in [3.05, 3.63) is 71.8 Å². The molecule has 0 saturated heterocycles. The van der Waals surface area contributed by atoms with Crippen LogP contribution in [0.15, 0.2) is 60.7 Å². The molecule has 3 heteroatoms. The van der Waals surface area contributed by atoms with Gasteiger partial charge in [0.15, 0.2) is 8.32 Å². The summed E-state index contributed by atoms with van der Waals surface area (Å²) in [6.07, 6.45) is 0.197. The molecule has 25 heavy (non-hydrogen) atoms. The fourth-order valence-electron chi connectivity index (χ4n) is 2.70. The Kier molecular flexibility index (Phi) is 6.61. The van der Waals surface area contributed by atoms with Gasteiger partial charge in [-0.15, -0.1) is 0 Å². The molecule has 0 bridgehead atoms. The van der Waals surface area contributed by atoms with Crippen LogP contribution in [0.25, 0.3) is 0 Å². The van der Waals surface area contributed by atoms with E-state index >= 15 is 0 Å². The van der Waals surface area contributed by atoms with Crippen molar-refractivity contribution in [3.63, 3.8) is 0 Å². The van der Waals surface area contributed by atoms with Gasteiger partial charge in [-0.1, -0.05) is 81.4 Å². The quantitative estimate of drug-likeness (QED) is 0.655. The highest BCUT2D eigenvalue weighted by molar-refractivity contribution is 6.74. The van der Waals surface area contributed by atoms with E-state index in [1.165, 1.54) is 11.1 Å². The van der Waals surface area contributed by atoms with Gasteiger partial charge in [0.25, 0.3) is 0 Å². The third-order valence-electron chi connectivity index (χ3n) is 5.35. The summed E-state index contributed by atoms with van der Waals surface area (Å²) < 4.78 is 6.22. The molecule has 0 fully saturated rings. The summed E-state index contributed by atoms with van der Waals surface area (Å²) in [7, 11) is -1.84. The van der Waals surface area contributed by atoms with Crippen LogP contribution in [0.4, 0.5) is 0 Å². The molecule has 0 saturated carbocycles. The summed E-state index contributed by atoms with van der Waals surface area (Å²) in [6, 6.07) is 20.8. The van der Waals surface area contributed by atoms with Crippen molar-refractivity contribution in [1.82, 2.24) is 0 Å². The number of benzene rings is 2. The van der Waals surface area contributed by atoms with Crippen LogP contribution in [0.1, 0.15) is 44.2 Å². The highest BCUT2D eigenvalue weighted by Gasteiger charge is 2.37. The molecular weight excluding hydrogens is 324 g/mol. The third kappa shape index (κ3) is 5.53. The first-order valence-electron chi connectivity index (χ1n) is 9.12. The molecule has 0 aliphatic rings. The molecular formula is C22H32O2Si. The van der Waals surface area contributed by atoms with Gasteiger partial charge in [0.05, 0.1) is 12.7 Å². The van der Waals surface area contributed by atoms with Crippen molar-refractivity contribution in [2.45, 2.75) is 57.3 Å². The fourth-order valence-corrected chi connectivity index (χ4v) is 3.74. The van der Waals surface area contributed by atoms with Crippen molar-refractivity contribution >= 4 is 8.32 Å². The Morgan fingerprint density at radius 3 is 1.72 bits per heavy atom. The van der Waals surface area contributed by atoms with E-state index in [-0.39, 0.29) is 11.0 Å². The van der Waals surface area contributed by atoms with E-state index < -0.39 is 14.4 Å². The summed E-state index contributed by atoms with van der Waals surface area (Å²) in [5, 5.41) is 10.8. The summed E-state index contributed by atoms with van der Waals surface area (Å²) in [4.78, 5) is 0. The molecule has 0 amide bonds. The lowest BCUT2D eigenvalue weighted by Gasteiger charge is -2.37. The van der Waals surface area contributed by atoms with Crippen molar-refractivity contribution in [3.8, 4) is 0 Å². The maximum Gasteiger partial charge on any atom is 0.192 e. The van der Waals surface area contributed by atoms with Gasteiger partial charge >= 0.3 is 0 Å². The van der Waals surface area contributed by atoms with Gasteiger partial charge in [-0.25, -0.2) is 0 Å². The highest BCUT2D eigenvalue weighted by Crippen LogP contribution is 2.37. The predicted molar refractivity (Wildman–Crippen MR) is 108 cm³/mol. The summed E-state index contributed by atoms with van der Waals surface area (Å²) in [5.74, 6) is 0.181. The molecule has 2 nitrogen and oxygen atoms in total. The monoisotopic (exact) mass is 356 g/mol. The van der Waals surface area contributed by atoms with Gasteiger partial charge in [0, 0.05) is 5.92 Å². The smallest absolute Gasteiger partial charge is 0.192 e. The van der Waals surface area contributed by atoms with E-state index in [1.54, 1.807) is 0 Å². The van der Waals surface area contributed by atoms with Crippen LogP contribution in [0.2, 0.25) is 18.1 Å². The molecule has 0 aliphatic heterocycles. The lowest BCUT2D eigenvalue weighted by molar-refractivity contribution is 0.0895. The van der Waals surface area contributed by atoms with Crippen molar-refractivity contribution in [2.24, 2.45) is 0 Å². The van der Waals surface area contributed by atoms with E-state index in [9.17, 15) is 5.11 Å². The van der Waals surface area contributed by atoms with Gasteiger partial charge in [-0.05, 0) is 35.7 Å². The Morgan fingerprint density at radius 1 is 0.880 bits per heavy atom. The van der Waals surface area contributed by atoms with Gasteiger partial charge in [0.2, 0.25) is 0 Å². The number of aliphatic hydroxyl groups is 1. The number of hydrogen-bond donors (Lipinski definition) is 1. The lowest BCUT2D eigenvalue weighted by Crippen LogP contribution is -2.42. The zero-order valence-corrected chi connectivity index (χ0v) is 17.2. The van der Waals surface area contributed by atoms with Crippen molar-refractivity contribution in [2.75, 3.05) is 6.61 Å². The van der Waals surface area contributed by atoms with Gasteiger partial charge in [-0.2, -0.15) is 0 Å². The minimum atomic E-state index is -1.84. The van der Waals surface area contributed by atoms with Crippen molar-refractivity contribution in [1.29, 1.82) is 0 Å². The molecule has 1 N–H and O–H groups in total. The molecule has 1 atom stereocenters. The topological polar surface area (TPSA) is 29.5 Å². The molecule has 0 aromatic heterocycles. The second-order valence-electron chi connectivity index (χ2n) is 8.33. The SMILES string of the molecule is CC(C)(C)[Si](C)(C)OC[C@@H](O)CC(c1ccccc1)c1ccccc1. The summed E-state index contributed by atoms with van der Waals surface area (Å²) in [6.45, 7) is 11.5. The Morgan fingerprint density at radius 2 is 1.32 bits per heavy atom. The third-order valence-corrected chi connectivity index (χ3v) is 9.86. The molecule has 0 unspecified atom stereocenters. The van der Waals surface area contributed by atoms with Crippen LogP contribution in [-0.2, 0) is 4.43 Å². The van der Waals surface area contributed by atoms with E-state index in [0.717, 1.165) is 0 Å². The van der Waals surface area contributed by atoms with Gasteiger partial charge < -0.3 is 9.53 Å². The molecule has 136 valence electrons. The maximum atomic E-state index is 10.7. The molecule has 0 aliphatic carbocycles. The zero-order chi connectivity index (χ0) is 18.5. The second-order valence-corrected chi connectivity index (χ2v) is 13.1. The molecule has 0 heterocycles. The highest BCUT2D eigenvalue weighted by atomic mass is 28.4. The van der Waals surface area contributed by atoms with E-state index in [1.807, 2.05) is 12.1 Å². The second kappa shape index (κ2) is 8.30. The maximum absolute atomic E-state index is 10.7. The van der Waals surface area contributed by atoms with Crippen LogP contribution >= 0.6 is 0 Å².